The van der Waals surface area contributed by atoms with E-state index in [1.807, 2.05) is 0 Å². The van der Waals surface area contributed by atoms with Gasteiger partial charge >= 0.3 is 7.60 Å². The van der Waals surface area contributed by atoms with Crippen LogP contribution >= 0.6 is 7.60 Å². The van der Waals surface area contributed by atoms with Gasteiger partial charge in [-0.2, -0.15) is 0 Å². The van der Waals surface area contributed by atoms with E-state index in [0.29, 0.717) is 5.82 Å². The normalized spacial score (nSPS) is 15.9. The number of amides is 1. The number of nitrogens with zero attached hydrogens (tertiary/aromatic N) is 1. The molecule has 3 atom stereocenters. The molecule has 0 aliphatic carbocycles. The van der Waals surface area contributed by atoms with Crippen LogP contribution in [0.5, 0.6) is 0 Å². The van der Waals surface area contributed by atoms with Crippen molar-refractivity contribution in [2.75, 3.05) is 6.54 Å². The zero-order valence-corrected chi connectivity index (χ0v) is 13.5. The second-order valence-electron chi connectivity index (χ2n) is 4.98. The van der Waals surface area contributed by atoms with Crippen molar-refractivity contribution in [3.63, 3.8) is 0 Å². The quantitative estimate of drug-likeness (QED) is 0.167. The van der Waals surface area contributed by atoms with Crippen molar-refractivity contribution in [2.45, 2.75) is 24.9 Å². The van der Waals surface area contributed by atoms with Gasteiger partial charge in [0.2, 0.25) is 6.41 Å². The Morgan fingerprint density at radius 2 is 1.83 bits per heavy atom. The van der Waals surface area contributed by atoms with E-state index in [2.05, 4.69) is 0 Å². The van der Waals surface area contributed by atoms with E-state index in [4.69, 9.17) is 19.7 Å². The molecule has 134 valence electrons. The second kappa shape index (κ2) is 9.65. The van der Waals surface area contributed by atoms with Gasteiger partial charge in [-0.05, 0) is 11.6 Å². The summed E-state index contributed by atoms with van der Waals surface area (Å²) in [6.07, 6.45) is -3.54. The van der Waals surface area contributed by atoms with Crippen LogP contribution < -0.4 is 0 Å². The molecule has 0 aliphatic heterocycles. The molecule has 5 N–H and O–H groups in total. The molecule has 0 spiro atoms. The zero-order chi connectivity index (χ0) is 18.2. The van der Waals surface area contributed by atoms with Gasteiger partial charge in [-0.3, -0.25) is 14.6 Å². The number of benzene rings is 1. The van der Waals surface area contributed by atoms with Crippen LogP contribution in [0.1, 0.15) is 5.56 Å². The predicted octanol–water partition coefficient (Wildman–Crippen LogP) is -0.167. The minimum atomic E-state index is -4.49. The van der Waals surface area contributed by atoms with E-state index in [9.17, 15) is 19.6 Å². The number of hydroxylamine groups is 2. The first-order chi connectivity index (χ1) is 11.2. The Balaban J connectivity index is 2.82. The fraction of sp³-hybridized carbons (Fsp3) is 0.357. The first-order valence-electron chi connectivity index (χ1n) is 6.90. The van der Waals surface area contributed by atoms with Crippen LogP contribution in [0, 0.1) is 0 Å². The van der Waals surface area contributed by atoms with E-state index < -0.39 is 32.5 Å². The molecule has 0 aliphatic rings. The highest BCUT2D eigenvalue weighted by atomic mass is 31.2. The van der Waals surface area contributed by atoms with Gasteiger partial charge in [0, 0.05) is 5.82 Å². The van der Waals surface area contributed by atoms with E-state index in [-0.39, 0.29) is 18.1 Å². The maximum absolute atomic E-state index is 10.8. The lowest BCUT2D eigenvalue weighted by atomic mass is 10.1. The topological polar surface area (TPSA) is 148 Å². The highest BCUT2D eigenvalue weighted by molar-refractivity contribution is 7.55. The third kappa shape index (κ3) is 7.80. The van der Waals surface area contributed by atoms with Crippen LogP contribution in [0.15, 0.2) is 42.2 Å². The number of hydrogen-bond acceptors (Lipinski definition) is 6. The van der Waals surface area contributed by atoms with Crippen molar-refractivity contribution in [3.05, 3.63) is 47.8 Å². The predicted molar refractivity (Wildman–Crippen MR) is 82.8 cm³/mol. The van der Waals surface area contributed by atoms with Crippen LogP contribution in [0.4, 0.5) is 0 Å². The van der Waals surface area contributed by atoms with Crippen LogP contribution in [0.2, 0.25) is 0 Å². The van der Waals surface area contributed by atoms with Gasteiger partial charge in [0.05, 0.1) is 13.2 Å². The third-order valence-electron chi connectivity index (χ3n) is 2.97. The summed E-state index contributed by atoms with van der Waals surface area (Å²) in [4.78, 5) is 28.0. The van der Waals surface area contributed by atoms with Crippen LogP contribution in [-0.4, -0.2) is 61.5 Å². The lowest BCUT2D eigenvalue weighted by Crippen LogP contribution is -2.44. The summed E-state index contributed by atoms with van der Waals surface area (Å²) in [6.45, 7) is -0.556. The molecule has 0 saturated heterocycles. The maximum Gasteiger partial charge on any atom is 0.348 e. The van der Waals surface area contributed by atoms with Gasteiger partial charge in [0.1, 0.15) is 18.3 Å². The Morgan fingerprint density at radius 3 is 2.38 bits per heavy atom. The molecule has 0 radical (unpaired) electrons. The van der Waals surface area contributed by atoms with Gasteiger partial charge in [-0.15, -0.1) is 0 Å². The van der Waals surface area contributed by atoms with Crippen molar-refractivity contribution >= 4 is 14.0 Å². The molecule has 0 saturated carbocycles. The highest BCUT2D eigenvalue weighted by Crippen LogP contribution is 2.36. The summed E-state index contributed by atoms with van der Waals surface area (Å²) in [5, 5.41) is 29.3. The second-order valence-corrected chi connectivity index (χ2v) is 6.45. The number of aliphatic hydroxyl groups is 2. The van der Waals surface area contributed by atoms with Crippen molar-refractivity contribution in [1.82, 2.24) is 5.06 Å². The Morgan fingerprint density at radius 1 is 1.21 bits per heavy atom. The van der Waals surface area contributed by atoms with E-state index in [1.54, 1.807) is 30.3 Å². The molecule has 1 amide bonds. The molecule has 0 fully saturated rings. The molecule has 0 aromatic heterocycles. The zero-order valence-electron chi connectivity index (χ0n) is 12.6. The summed E-state index contributed by atoms with van der Waals surface area (Å²) < 4.78 is 16.2. The van der Waals surface area contributed by atoms with Gasteiger partial charge in [-0.1, -0.05) is 30.3 Å². The molecule has 24 heavy (non-hydrogen) atoms. The lowest BCUT2D eigenvalue weighted by Gasteiger charge is -2.27. The summed E-state index contributed by atoms with van der Waals surface area (Å²) in [5.41, 5.74) is 0.733. The minimum Gasteiger partial charge on any atom is -0.388 e. The van der Waals surface area contributed by atoms with Crippen molar-refractivity contribution in [1.29, 1.82) is 0 Å². The molecule has 9 nitrogen and oxygen atoms in total. The first kappa shape index (κ1) is 20.5. The molecule has 0 heterocycles. The molecule has 10 heteroatoms. The van der Waals surface area contributed by atoms with Crippen LogP contribution in [0.25, 0.3) is 0 Å². The summed E-state index contributed by atoms with van der Waals surface area (Å²) in [5.74, 6) is 0.486. The molecule has 1 aromatic carbocycles. The first-order valence-corrected chi connectivity index (χ1v) is 8.58. The standard InChI is InChI=1S/C14H20NO8P/c16-10-15(19)8-13(18)14(12(17)6-7-24(20,21)22)23-9-11-4-2-1-3-5-11/h1-7,10,12-14,17-19H,8-9H2,(H2,20,21,22)/b7-6+/t12-,13+,14-/m1/s1. The fourth-order valence-corrected chi connectivity index (χ4v) is 2.25. The van der Waals surface area contributed by atoms with Gasteiger partial charge in [0.15, 0.2) is 0 Å². The van der Waals surface area contributed by atoms with Gasteiger partial charge in [0.25, 0.3) is 0 Å². The fourth-order valence-electron chi connectivity index (χ4n) is 1.85. The average Bonchev–Trinajstić information content (AvgIpc) is 2.53. The third-order valence-corrected chi connectivity index (χ3v) is 3.53. The SMILES string of the molecule is O=CN(O)C[C@H](O)[C@H](OCc1ccccc1)[C@H](O)/C=C/P(=O)(O)O. The van der Waals surface area contributed by atoms with E-state index in [0.717, 1.165) is 11.6 Å². The number of aliphatic hydroxyl groups excluding tert-OH is 2. The summed E-state index contributed by atoms with van der Waals surface area (Å²) in [7, 11) is -4.49. The Labute approximate surface area is 138 Å². The minimum absolute atomic E-state index is 0.00407. The number of hydrogen-bond donors (Lipinski definition) is 5. The smallest absolute Gasteiger partial charge is 0.348 e. The van der Waals surface area contributed by atoms with Crippen molar-refractivity contribution in [2.24, 2.45) is 0 Å². The molecule has 0 unspecified atom stereocenters. The Hall–Kier alpha value is -1.58. The van der Waals surface area contributed by atoms with E-state index >= 15 is 0 Å². The van der Waals surface area contributed by atoms with Crippen LogP contribution in [-0.2, 0) is 20.7 Å². The Kier molecular flexibility index (Phi) is 8.23. The van der Waals surface area contributed by atoms with Crippen LogP contribution in [0.3, 0.4) is 0 Å². The maximum atomic E-state index is 10.8. The lowest BCUT2D eigenvalue weighted by molar-refractivity contribution is -0.166. The van der Waals surface area contributed by atoms with E-state index in [1.165, 1.54) is 0 Å². The number of carbonyl (C=O) groups is 1. The highest BCUT2D eigenvalue weighted by Gasteiger charge is 2.28. The van der Waals surface area contributed by atoms with Crippen molar-refractivity contribution < 1.29 is 39.3 Å². The molecular formula is C14H20NO8P. The molecule has 1 rings (SSSR count). The van der Waals surface area contributed by atoms with Gasteiger partial charge in [-0.25, -0.2) is 5.06 Å². The monoisotopic (exact) mass is 361 g/mol. The summed E-state index contributed by atoms with van der Waals surface area (Å²) in [6, 6.07) is 8.80. The van der Waals surface area contributed by atoms with Gasteiger partial charge < -0.3 is 24.7 Å². The number of ether oxygens (including phenoxy) is 1. The molecule has 0 bridgehead atoms. The number of carbonyl (C=O) groups excluding carboxylic acids is 1. The summed E-state index contributed by atoms with van der Waals surface area (Å²) >= 11 is 0. The van der Waals surface area contributed by atoms with Crippen molar-refractivity contribution in [3.8, 4) is 0 Å². The number of rotatable bonds is 10. The Bertz CT molecular complexity index is 575. The largest absolute Gasteiger partial charge is 0.388 e. The molecular weight excluding hydrogens is 341 g/mol. The average molecular weight is 361 g/mol. The molecule has 1 aromatic rings.